The van der Waals surface area contributed by atoms with Crippen molar-refractivity contribution in [3.05, 3.63) is 28.2 Å². The highest BCUT2D eigenvalue weighted by Crippen LogP contribution is 2.29. The van der Waals surface area contributed by atoms with E-state index in [0.29, 0.717) is 17.6 Å². The molecule has 98 valence electrons. The summed E-state index contributed by atoms with van der Waals surface area (Å²) in [6.45, 7) is 6.52. The summed E-state index contributed by atoms with van der Waals surface area (Å²) in [5.74, 6) is 0. The summed E-state index contributed by atoms with van der Waals surface area (Å²) in [5, 5.41) is 0. The first-order valence-corrected chi connectivity index (χ1v) is 7.04. The van der Waals surface area contributed by atoms with E-state index in [1.54, 1.807) is 0 Å². The van der Waals surface area contributed by atoms with E-state index >= 15 is 0 Å². The van der Waals surface area contributed by atoms with Crippen molar-refractivity contribution in [2.75, 3.05) is 25.0 Å². The Bertz CT molecular complexity index is 437. The molecule has 1 fully saturated rings. The fourth-order valence-electron chi connectivity index (χ4n) is 2.45. The smallest absolute Gasteiger partial charge is 0.150 e. The van der Waals surface area contributed by atoms with Crippen molar-refractivity contribution in [2.24, 2.45) is 0 Å². The van der Waals surface area contributed by atoms with Crippen LogP contribution in [0.2, 0.25) is 0 Å². The Hall–Kier alpha value is -0.870. The molecule has 4 heteroatoms. The molecule has 0 spiro atoms. The van der Waals surface area contributed by atoms with Crippen molar-refractivity contribution >= 4 is 27.9 Å². The number of hydrogen-bond acceptors (Lipinski definition) is 3. The summed E-state index contributed by atoms with van der Waals surface area (Å²) in [6, 6.07) is 6.85. The van der Waals surface area contributed by atoms with Gasteiger partial charge in [-0.3, -0.25) is 9.69 Å². The lowest BCUT2D eigenvalue weighted by molar-refractivity contribution is 0.112. The van der Waals surface area contributed by atoms with Gasteiger partial charge in [0.2, 0.25) is 0 Å². The van der Waals surface area contributed by atoms with Gasteiger partial charge in [-0.15, -0.1) is 0 Å². The number of halogens is 1. The molecule has 0 radical (unpaired) electrons. The number of carbonyl (C=O) groups is 1. The number of anilines is 1. The van der Waals surface area contributed by atoms with Crippen molar-refractivity contribution < 1.29 is 4.79 Å². The number of aldehydes is 1. The summed E-state index contributed by atoms with van der Waals surface area (Å²) in [5.41, 5.74) is 1.88. The minimum absolute atomic E-state index is 0.534. The van der Waals surface area contributed by atoms with E-state index in [1.165, 1.54) is 5.69 Å². The minimum atomic E-state index is 0.534. The second-order valence-electron chi connectivity index (χ2n) is 5.10. The van der Waals surface area contributed by atoms with E-state index in [9.17, 15) is 4.79 Å². The molecular weight excluding hydrogens is 292 g/mol. The van der Waals surface area contributed by atoms with Crippen LogP contribution in [-0.4, -0.2) is 43.4 Å². The van der Waals surface area contributed by atoms with Crippen molar-refractivity contribution in [3.8, 4) is 0 Å². The van der Waals surface area contributed by atoms with E-state index < -0.39 is 0 Å². The molecule has 1 aromatic rings. The quantitative estimate of drug-likeness (QED) is 0.785. The standard InChI is InChI=1S/C14H19BrN2O/c1-10-7-17(8-11(2)16(10)3)14-5-4-12(9-18)6-13(14)15/h4-6,9-11H,7-8H2,1-3H3. The molecule has 0 saturated carbocycles. The van der Waals surface area contributed by atoms with Gasteiger partial charge in [0.15, 0.2) is 0 Å². The van der Waals surface area contributed by atoms with Crippen LogP contribution in [0.25, 0.3) is 0 Å². The predicted octanol–water partition coefficient (Wildman–Crippen LogP) is 2.79. The molecule has 2 rings (SSSR count). The van der Waals surface area contributed by atoms with Crippen LogP contribution >= 0.6 is 15.9 Å². The van der Waals surface area contributed by atoms with Gasteiger partial charge in [0.25, 0.3) is 0 Å². The molecule has 0 aliphatic carbocycles. The Morgan fingerprint density at radius 2 is 1.89 bits per heavy atom. The van der Waals surface area contributed by atoms with Crippen molar-refractivity contribution in [1.29, 1.82) is 0 Å². The molecule has 3 nitrogen and oxygen atoms in total. The zero-order chi connectivity index (χ0) is 13.3. The van der Waals surface area contributed by atoms with Crippen LogP contribution in [-0.2, 0) is 0 Å². The molecule has 1 heterocycles. The van der Waals surface area contributed by atoms with E-state index in [-0.39, 0.29) is 0 Å². The number of likely N-dealkylation sites (N-methyl/N-ethyl adjacent to an activating group) is 1. The Morgan fingerprint density at radius 3 is 2.39 bits per heavy atom. The fourth-order valence-corrected chi connectivity index (χ4v) is 3.10. The Kier molecular flexibility index (Phi) is 4.07. The Morgan fingerprint density at radius 1 is 1.28 bits per heavy atom. The fraction of sp³-hybridized carbons (Fsp3) is 0.500. The lowest BCUT2D eigenvalue weighted by atomic mass is 10.1. The lowest BCUT2D eigenvalue weighted by Crippen LogP contribution is -2.55. The van der Waals surface area contributed by atoms with Crippen LogP contribution in [0.4, 0.5) is 5.69 Å². The molecule has 1 aromatic carbocycles. The maximum atomic E-state index is 10.8. The maximum absolute atomic E-state index is 10.8. The zero-order valence-electron chi connectivity index (χ0n) is 11.1. The van der Waals surface area contributed by atoms with Gasteiger partial charge >= 0.3 is 0 Å². The predicted molar refractivity (Wildman–Crippen MR) is 78.4 cm³/mol. The molecule has 1 aliphatic rings. The molecule has 1 saturated heterocycles. The molecule has 0 amide bonds. The summed E-state index contributed by atoms with van der Waals surface area (Å²) in [6.07, 6.45) is 0.879. The third-order valence-electron chi connectivity index (χ3n) is 3.81. The number of carbonyl (C=O) groups excluding carboxylic acids is 1. The first-order valence-electron chi connectivity index (χ1n) is 6.24. The second kappa shape index (κ2) is 5.41. The van der Waals surface area contributed by atoms with Crippen LogP contribution in [0.3, 0.4) is 0 Å². The third kappa shape index (κ3) is 2.59. The molecular formula is C14H19BrN2O. The average Bonchev–Trinajstić information content (AvgIpc) is 2.35. The van der Waals surface area contributed by atoms with Crippen molar-refractivity contribution in [2.45, 2.75) is 25.9 Å². The number of piperazine rings is 1. The SMILES string of the molecule is CC1CN(c2ccc(C=O)cc2Br)CC(C)N1C. The third-order valence-corrected chi connectivity index (χ3v) is 4.44. The minimum Gasteiger partial charge on any atom is -0.368 e. The van der Waals surface area contributed by atoms with E-state index in [2.05, 4.69) is 46.6 Å². The first kappa shape index (κ1) is 13.6. The highest BCUT2D eigenvalue weighted by molar-refractivity contribution is 9.10. The van der Waals surface area contributed by atoms with Crippen molar-refractivity contribution in [1.82, 2.24) is 4.90 Å². The molecule has 2 atom stereocenters. The van der Waals surface area contributed by atoms with Gasteiger partial charge in [0.05, 0.1) is 5.69 Å². The second-order valence-corrected chi connectivity index (χ2v) is 5.95. The molecule has 0 bridgehead atoms. The molecule has 0 N–H and O–H groups in total. The highest BCUT2D eigenvalue weighted by Gasteiger charge is 2.27. The summed E-state index contributed by atoms with van der Waals surface area (Å²) in [4.78, 5) is 15.5. The molecule has 0 aromatic heterocycles. The lowest BCUT2D eigenvalue weighted by Gasteiger charge is -2.43. The van der Waals surface area contributed by atoms with Crippen LogP contribution in [0.1, 0.15) is 24.2 Å². The van der Waals surface area contributed by atoms with Gasteiger partial charge in [0.1, 0.15) is 6.29 Å². The summed E-state index contributed by atoms with van der Waals surface area (Å²) >= 11 is 3.56. The van der Waals surface area contributed by atoms with E-state index in [0.717, 1.165) is 23.8 Å². The van der Waals surface area contributed by atoms with Gasteiger partial charge in [0, 0.05) is 35.2 Å². The van der Waals surface area contributed by atoms with Crippen LogP contribution < -0.4 is 4.90 Å². The number of rotatable bonds is 2. The van der Waals surface area contributed by atoms with Gasteiger partial charge < -0.3 is 4.90 Å². The van der Waals surface area contributed by atoms with Crippen molar-refractivity contribution in [3.63, 3.8) is 0 Å². The zero-order valence-corrected chi connectivity index (χ0v) is 12.6. The van der Waals surface area contributed by atoms with E-state index in [1.807, 2.05) is 18.2 Å². The van der Waals surface area contributed by atoms with Gasteiger partial charge in [-0.1, -0.05) is 0 Å². The topological polar surface area (TPSA) is 23.6 Å². The molecule has 2 unspecified atom stereocenters. The van der Waals surface area contributed by atoms with Gasteiger partial charge in [-0.2, -0.15) is 0 Å². The Balaban J connectivity index is 2.24. The number of nitrogens with zero attached hydrogens (tertiary/aromatic N) is 2. The van der Waals surface area contributed by atoms with E-state index in [4.69, 9.17) is 0 Å². The maximum Gasteiger partial charge on any atom is 0.150 e. The van der Waals surface area contributed by atoms with Crippen LogP contribution in [0, 0.1) is 0 Å². The summed E-state index contributed by atoms with van der Waals surface area (Å²) < 4.78 is 0.996. The first-order chi connectivity index (χ1) is 8.52. The highest BCUT2D eigenvalue weighted by atomic mass is 79.9. The average molecular weight is 311 g/mol. The molecule has 1 aliphatic heterocycles. The van der Waals surface area contributed by atoms with Crippen LogP contribution in [0.15, 0.2) is 22.7 Å². The van der Waals surface area contributed by atoms with Crippen LogP contribution in [0.5, 0.6) is 0 Å². The van der Waals surface area contributed by atoms with Gasteiger partial charge in [-0.05, 0) is 55.0 Å². The molecule has 18 heavy (non-hydrogen) atoms. The monoisotopic (exact) mass is 310 g/mol. The van der Waals surface area contributed by atoms with Gasteiger partial charge in [-0.25, -0.2) is 0 Å². The normalized spacial score (nSPS) is 25.2. The number of hydrogen-bond donors (Lipinski definition) is 0. The summed E-state index contributed by atoms with van der Waals surface area (Å²) in [7, 11) is 2.18. The number of benzene rings is 1. The largest absolute Gasteiger partial charge is 0.368 e. The Labute approximate surface area is 117 Å².